The van der Waals surface area contributed by atoms with E-state index >= 15 is 0 Å². The highest BCUT2D eigenvalue weighted by Crippen LogP contribution is 2.25. The summed E-state index contributed by atoms with van der Waals surface area (Å²) in [5, 5.41) is 25.7. The fourth-order valence-electron chi connectivity index (χ4n) is 5.68. The quantitative estimate of drug-likeness (QED) is 0.0496. The highest BCUT2D eigenvalue weighted by molar-refractivity contribution is 5.96. The Morgan fingerprint density at radius 3 is 2.23 bits per heavy atom. The van der Waals surface area contributed by atoms with Crippen LogP contribution in [0.25, 0.3) is 0 Å². The number of nitrogens with zero attached hydrogens (tertiary/aromatic N) is 3. The van der Waals surface area contributed by atoms with Crippen molar-refractivity contribution in [1.29, 1.82) is 0 Å². The normalized spacial score (nSPS) is 19.3. The van der Waals surface area contributed by atoms with E-state index < -0.39 is 67.1 Å². The van der Waals surface area contributed by atoms with Gasteiger partial charge in [-0.25, -0.2) is 4.79 Å². The molecule has 2 aliphatic rings. The van der Waals surface area contributed by atoms with Crippen molar-refractivity contribution in [2.75, 3.05) is 32.8 Å². The molecule has 0 saturated carbocycles. The standard InChI is InChI=1S/C30H45N9O8/c31-19(9-4-12-34-30(32)33)27(44)39-14-6-11-23(39)28(45)38-13-5-10-22(38)26(43)35-16-24(41)36-20(15-18-7-2-1-3-8-18)25(42)37-21(17-40)29(46)47/h1-3,7-8,19-23,40H,4-6,9-17,31H2,(H,35,43)(H,36,41)(H,37,42)(H,46,47)(H4,32,33,34). The number of aliphatic carboxylic acids is 1. The van der Waals surface area contributed by atoms with Crippen molar-refractivity contribution in [1.82, 2.24) is 25.8 Å². The molecule has 1 aromatic carbocycles. The Hall–Kier alpha value is -4.77. The second-order valence-electron chi connectivity index (χ2n) is 11.5. The van der Waals surface area contributed by atoms with Crippen LogP contribution in [0.4, 0.5) is 0 Å². The Bertz CT molecular complexity index is 1310. The first-order valence-corrected chi connectivity index (χ1v) is 15.6. The van der Waals surface area contributed by atoms with Gasteiger partial charge in [0.2, 0.25) is 29.5 Å². The predicted molar refractivity (Wildman–Crippen MR) is 169 cm³/mol. The fraction of sp³-hybridized carbons (Fsp3) is 0.567. The number of carbonyl (C=O) groups excluding carboxylic acids is 5. The number of aliphatic hydroxyl groups is 1. The summed E-state index contributed by atoms with van der Waals surface area (Å²) >= 11 is 0. The number of carbonyl (C=O) groups is 6. The average Bonchev–Trinajstić information content (AvgIpc) is 3.74. The summed E-state index contributed by atoms with van der Waals surface area (Å²) in [7, 11) is 0. The first-order valence-electron chi connectivity index (χ1n) is 15.6. The number of benzene rings is 1. The summed E-state index contributed by atoms with van der Waals surface area (Å²) in [6, 6.07) is 3.48. The van der Waals surface area contributed by atoms with Gasteiger partial charge in [0.25, 0.3) is 0 Å². The number of carboxylic acid groups (broad SMARTS) is 1. The SMILES string of the molecule is NC(N)=NCCCC(N)C(=O)N1CCCC1C(=O)N1CCCC1C(=O)NCC(=O)NC(Cc1ccccc1)C(=O)NC(CO)C(=O)O. The van der Waals surface area contributed by atoms with E-state index in [0.29, 0.717) is 63.7 Å². The Kier molecular flexibility index (Phi) is 13.9. The molecule has 47 heavy (non-hydrogen) atoms. The minimum atomic E-state index is -1.57. The van der Waals surface area contributed by atoms with E-state index in [0.717, 1.165) is 0 Å². The highest BCUT2D eigenvalue weighted by Gasteiger charge is 2.43. The summed E-state index contributed by atoms with van der Waals surface area (Å²) in [6.07, 6.45) is 2.80. The van der Waals surface area contributed by atoms with Crippen molar-refractivity contribution >= 4 is 41.5 Å². The average molecular weight is 660 g/mol. The molecule has 5 atom stereocenters. The third-order valence-electron chi connectivity index (χ3n) is 8.10. The summed E-state index contributed by atoms with van der Waals surface area (Å²) in [4.78, 5) is 83.7. The first kappa shape index (κ1) is 36.7. The molecular formula is C30H45N9O8. The molecule has 0 bridgehead atoms. The molecule has 11 N–H and O–H groups in total. The molecular weight excluding hydrogens is 614 g/mol. The number of amides is 5. The van der Waals surface area contributed by atoms with Gasteiger partial charge in [0.1, 0.15) is 24.2 Å². The number of aliphatic imine (C=N–C) groups is 1. The van der Waals surface area contributed by atoms with Crippen molar-refractivity contribution in [2.24, 2.45) is 22.2 Å². The van der Waals surface area contributed by atoms with Gasteiger partial charge in [-0.3, -0.25) is 29.0 Å². The molecule has 17 nitrogen and oxygen atoms in total. The Morgan fingerprint density at radius 1 is 0.936 bits per heavy atom. The van der Waals surface area contributed by atoms with Crippen LogP contribution >= 0.6 is 0 Å². The molecule has 0 aliphatic carbocycles. The summed E-state index contributed by atoms with van der Waals surface area (Å²) in [6.45, 7) is -0.364. The van der Waals surface area contributed by atoms with Crippen LogP contribution in [0.5, 0.6) is 0 Å². The zero-order valence-corrected chi connectivity index (χ0v) is 26.2. The number of carboxylic acids is 1. The Labute approximate surface area is 272 Å². The maximum absolute atomic E-state index is 13.6. The molecule has 2 saturated heterocycles. The molecule has 0 radical (unpaired) electrons. The van der Waals surface area contributed by atoms with Crippen LogP contribution in [-0.4, -0.2) is 124 Å². The van der Waals surface area contributed by atoms with Crippen molar-refractivity contribution in [3.8, 4) is 0 Å². The number of likely N-dealkylation sites (tertiary alicyclic amines) is 2. The molecule has 0 aromatic heterocycles. The van der Waals surface area contributed by atoms with E-state index in [9.17, 15) is 39.0 Å². The van der Waals surface area contributed by atoms with Gasteiger partial charge in [0.05, 0.1) is 19.2 Å². The number of guanidine groups is 1. The van der Waals surface area contributed by atoms with E-state index in [1.54, 1.807) is 30.3 Å². The minimum absolute atomic E-state index is 0.0194. The van der Waals surface area contributed by atoms with Gasteiger partial charge in [0.15, 0.2) is 5.96 Å². The number of nitrogens with one attached hydrogen (secondary N) is 3. The number of hydrogen-bond donors (Lipinski definition) is 8. The second kappa shape index (κ2) is 17.8. The van der Waals surface area contributed by atoms with Gasteiger partial charge in [0, 0.05) is 26.1 Å². The molecule has 2 heterocycles. The molecule has 5 unspecified atom stereocenters. The fourth-order valence-corrected chi connectivity index (χ4v) is 5.68. The zero-order valence-electron chi connectivity index (χ0n) is 26.2. The lowest BCUT2D eigenvalue weighted by atomic mass is 10.0. The van der Waals surface area contributed by atoms with E-state index in [-0.39, 0.29) is 24.2 Å². The number of nitrogens with two attached hydrogens (primary N) is 3. The van der Waals surface area contributed by atoms with E-state index in [4.69, 9.17) is 17.2 Å². The number of rotatable bonds is 16. The topological polar surface area (TPSA) is 276 Å². The maximum Gasteiger partial charge on any atom is 0.328 e. The highest BCUT2D eigenvalue weighted by atomic mass is 16.4. The lowest BCUT2D eigenvalue weighted by Crippen LogP contribution is -2.56. The first-order chi connectivity index (χ1) is 22.4. The maximum atomic E-state index is 13.6. The molecule has 5 amide bonds. The minimum Gasteiger partial charge on any atom is -0.480 e. The second-order valence-corrected chi connectivity index (χ2v) is 11.5. The molecule has 1 aromatic rings. The Morgan fingerprint density at radius 2 is 1.60 bits per heavy atom. The molecule has 2 fully saturated rings. The van der Waals surface area contributed by atoms with Crippen LogP contribution in [-0.2, 0) is 35.2 Å². The summed E-state index contributed by atoms with van der Waals surface area (Å²) < 4.78 is 0. The third-order valence-corrected chi connectivity index (χ3v) is 8.10. The molecule has 258 valence electrons. The van der Waals surface area contributed by atoms with Crippen molar-refractivity contribution in [3.63, 3.8) is 0 Å². The van der Waals surface area contributed by atoms with Gasteiger partial charge >= 0.3 is 5.97 Å². The zero-order chi connectivity index (χ0) is 34.5. The molecule has 0 spiro atoms. The van der Waals surface area contributed by atoms with Crippen LogP contribution in [0, 0.1) is 0 Å². The lowest BCUT2D eigenvalue weighted by molar-refractivity contribution is -0.147. The third kappa shape index (κ3) is 10.6. The van der Waals surface area contributed by atoms with Crippen LogP contribution in [0.2, 0.25) is 0 Å². The number of hydrogen-bond acceptors (Lipinski definition) is 9. The van der Waals surface area contributed by atoms with Crippen molar-refractivity contribution in [3.05, 3.63) is 35.9 Å². The van der Waals surface area contributed by atoms with Crippen LogP contribution in [0.3, 0.4) is 0 Å². The van der Waals surface area contributed by atoms with Crippen LogP contribution in [0.1, 0.15) is 44.1 Å². The Balaban J connectivity index is 1.58. The van der Waals surface area contributed by atoms with E-state index in [2.05, 4.69) is 20.9 Å². The van der Waals surface area contributed by atoms with Crippen LogP contribution in [0.15, 0.2) is 35.3 Å². The van der Waals surface area contributed by atoms with Gasteiger partial charge in [-0.15, -0.1) is 0 Å². The van der Waals surface area contributed by atoms with E-state index in [1.807, 2.05) is 0 Å². The van der Waals surface area contributed by atoms with Crippen molar-refractivity contribution in [2.45, 2.75) is 75.2 Å². The largest absolute Gasteiger partial charge is 0.480 e. The van der Waals surface area contributed by atoms with Gasteiger partial charge < -0.3 is 53.2 Å². The van der Waals surface area contributed by atoms with Crippen molar-refractivity contribution < 1.29 is 39.0 Å². The van der Waals surface area contributed by atoms with Crippen LogP contribution < -0.4 is 33.2 Å². The smallest absolute Gasteiger partial charge is 0.328 e. The van der Waals surface area contributed by atoms with Gasteiger partial charge in [-0.2, -0.15) is 0 Å². The molecule has 2 aliphatic heterocycles. The summed E-state index contributed by atoms with van der Waals surface area (Å²) in [5.41, 5.74) is 17.4. The molecule has 3 rings (SSSR count). The van der Waals surface area contributed by atoms with Gasteiger partial charge in [-0.1, -0.05) is 30.3 Å². The number of aliphatic hydroxyl groups excluding tert-OH is 1. The summed E-state index contributed by atoms with van der Waals surface area (Å²) in [5.74, 6) is -4.32. The van der Waals surface area contributed by atoms with Gasteiger partial charge in [-0.05, 0) is 44.1 Å². The monoisotopic (exact) mass is 659 g/mol. The van der Waals surface area contributed by atoms with E-state index in [1.165, 1.54) is 9.80 Å². The lowest BCUT2D eigenvalue weighted by Gasteiger charge is -2.32. The molecule has 17 heteroatoms. The predicted octanol–water partition coefficient (Wildman–Crippen LogP) is -3.25.